The van der Waals surface area contributed by atoms with Crippen LogP contribution in [-0.2, 0) is 11.2 Å². The number of hydrogen-bond acceptors (Lipinski definition) is 2. The predicted molar refractivity (Wildman–Crippen MR) is 44.3 cm³/mol. The molecule has 11 heavy (non-hydrogen) atoms. The molecule has 0 bridgehead atoms. The van der Waals surface area contributed by atoms with E-state index in [1.54, 1.807) is 12.3 Å². The summed E-state index contributed by atoms with van der Waals surface area (Å²) >= 11 is 3.27. The van der Waals surface area contributed by atoms with Crippen molar-refractivity contribution in [1.82, 2.24) is 4.98 Å². The van der Waals surface area contributed by atoms with Gasteiger partial charge in [0, 0.05) is 17.4 Å². The van der Waals surface area contributed by atoms with E-state index in [9.17, 15) is 4.79 Å². The number of carbonyl (C=O) groups is 1. The second-order valence-corrected chi connectivity index (χ2v) is 3.10. The van der Waals surface area contributed by atoms with Gasteiger partial charge in [-0.25, -0.2) is 4.98 Å². The fourth-order valence-corrected chi connectivity index (χ4v) is 1.58. The quantitative estimate of drug-likeness (QED) is 0.660. The van der Waals surface area contributed by atoms with Crippen molar-refractivity contribution >= 4 is 27.5 Å². The molecule has 1 N–H and O–H groups in total. The average Bonchev–Trinajstić information content (AvgIpc) is 2.31. The molecule has 0 saturated heterocycles. The smallest absolute Gasteiger partial charge is 0.228 e. The molecule has 0 aliphatic carbocycles. The Bertz CT molecular complexity index is 324. The molecule has 0 aromatic carbocycles. The first kappa shape index (κ1) is 6.79. The van der Waals surface area contributed by atoms with Crippen LogP contribution in [-0.4, -0.2) is 10.9 Å². The molecular formula is C7H5BrN2O. The molecule has 2 rings (SSSR count). The molecule has 2 heterocycles. The average molecular weight is 213 g/mol. The van der Waals surface area contributed by atoms with E-state index < -0.39 is 0 Å². The second kappa shape index (κ2) is 2.30. The van der Waals surface area contributed by atoms with Gasteiger partial charge in [-0.2, -0.15) is 0 Å². The summed E-state index contributed by atoms with van der Waals surface area (Å²) in [7, 11) is 0. The van der Waals surface area contributed by atoms with E-state index in [0.717, 1.165) is 15.9 Å². The third kappa shape index (κ3) is 1.03. The minimum Gasteiger partial charge on any atom is -0.325 e. The molecule has 0 unspecified atom stereocenters. The van der Waals surface area contributed by atoms with Gasteiger partial charge >= 0.3 is 0 Å². The molecule has 0 atom stereocenters. The molecule has 0 spiro atoms. The van der Waals surface area contributed by atoms with E-state index in [0.29, 0.717) is 6.42 Å². The Kier molecular flexibility index (Phi) is 1.42. The largest absolute Gasteiger partial charge is 0.325 e. The highest BCUT2D eigenvalue weighted by Gasteiger charge is 2.19. The number of carbonyl (C=O) groups excluding carboxylic acids is 1. The normalized spacial score (nSPS) is 14.5. The zero-order chi connectivity index (χ0) is 7.84. The van der Waals surface area contributed by atoms with Gasteiger partial charge in [-0.1, -0.05) is 0 Å². The minimum absolute atomic E-state index is 0.0358. The molecule has 1 aromatic rings. The van der Waals surface area contributed by atoms with E-state index in [2.05, 4.69) is 26.2 Å². The first-order valence-electron chi connectivity index (χ1n) is 3.20. The molecular weight excluding hydrogens is 208 g/mol. The summed E-state index contributed by atoms with van der Waals surface area (Å²) in [5.74, 6) is 0.0358. The van der Waals surface area contributed by atoms with Gasteiger partial charge in [-0.15, -0.1) is 0 Å². The van der Waals surface area contributed by atoms with Crippen LogP contribution in [0.1, 0.15) is 5.56 Å². The Morgan fingerprint density at radius 3 is 3.18 bits per heavy atom. The van der Waals surface area contributed by atoms with E-state index in [4.69, 9.17) is 0 Å². The molecule has 0 saturated carbocycles. The minimum atomic E-state index is 0.0358. The monoisotopic (exact) mass is 212 g/mol. The number of amides is 1. The SMILES string of the molecule is O=C1Cc2c(ccnc2Br)N1. The molecule has 1 aliphatic rings. The van der Waals surface area contributed by atoms with Gasteiger partial charge in [-0.3, -0.25) is 4.79 Å². The molecule has 3 nitrogen and oxygen atoms in total. The molecule has 0 radical (unpaired) electrons. The highest BCUT2D eigenvalue weighted by molar-refractivity contribution is 9.10. The van der Waals surface area contributed by atoms with E-state index in [1.807, 2.05) is 0 Å². The summed E-state index contributed by atoms with van der Waals surface area (Å²) in [6.45, 7) is 0. The number of halogens is 1. The number of hydrogen-bond donors (Lipinski definition) is 1. The first-order chi connectivity index (χ1) is 5.27. The van der Waals surface area contributed by atoms with E-state index in [1.165, 1.54) is 0 Å². The van der Waals surface area contributed by atoms with Crippen molar-refractivity contribution < 1.29 is 4.79 Å². The molecule has 4 heteroatoms. The van der Waals surface area contributed by atoms with Crippen LogP contribution < -0.4 is 5.32 Å². The third-order valence-electron chi connectivity index (χ3n) is 1.61. The maximum atomic E-state index is 10.9. The standard InChI is InChI=1S/C7H5BrN2O/c8-7-4-3-6(11)10-5(4)1-2-9-7/h1-2H,3H2,(H,10,11). The van der Waals surface area contributed by atoms with Crippen molar-refractivity contribution in [3.8, 4) is 0 Å². The van der Waals surface area contributed by atoms with Gasteiger partial charge in [0.25, 0.3) is 0 Å². The fourth-order valence-electron chi connectivity index (χ4n) is 1.11. The number of anilines is 1. The lowest BCUT2D eigenvalue weighted by Gasteiger charge is -1.96. The van der Waals surface area contributed by atoms with Crippen LogP contribution >= 0.6 is 15.9 Å². The summed E-state index contributed by atoms with van der Waals surface area (Å²) < 4.78 is 0.758. The van der Waals surface area contributed by atoms with E-state index in [-0.39, 0.29) is 5.91 Å². The van der Waals surface area contributed by atoms with Crippen molar-refractivity contribution in [2.45, 2.75) is 6.42 Å². The van der Waals surface area contributed by atoms with Crippen LogP contribution in [0.15, 0.2) is 16.9 Å². The zero-order valence-corrected chi connectivity index (χ0v) is 7.18. The lowest BCUT2D eigenvalue weighted by Crippen LogP contribution is -2.03. The Hall–Kier alpha value is -0.900. The number of aromatic nitrogens is 1. The van der Waals surface area contributed by atoms with E-state index >= 15 is 0 Å². The van der Waals surface area contributed by atoms with Crippen LogP contribution in [0.25, 0.3) is 0 Å². The summed E-state index contributed by atoms with van der Waals surface area (Å²) in [4.78, 5) is 14.9. The number of nitrogens with zero attached hydrogens (tertiary/aromatic N) is 1. The van der Waals surface area contributed by atoms with Gasteiger partial charge in [0.2, 0.25) is 5.91 Å². The first-order valence-corrected chi connectivity index (χ1v) is 4.00. The zero-order valence-electron chi connectivity index (χ0n) is 5.60. The maximum absolute atomic E-state index is 10.9. The summed E-state index contributed by atoms with van der Waals surface area (Å²) in [5.41, 5.74) is 1.83. The van der Waals surface area contributed by atoms with Crippen LogP contribution in [0, 0.1) is 0 Å². The summed E-state index contributed by atoms with van der Waals surface area (Å²) in [6.07, 6.45) is 2.10. The van der Waals surface area contributed by atoms with Gasteiger partial charge < -0.3 is 5.32 Å². The second-order valence-electron chi connectivity index (χ2n) is 2.35. The number of fused-ring (bicyclic) bond motifs is 1. The topological polar surface area (TPSA) is 42.0 Å². The highest BCUT2D eigenvalue weighted by Crippen LogP contribution is 2.27. The van der Waals surface area contributed by atoms with Crippen LogP contribution in [0.2, 0.25) is 0 Å². The number of pyridine rings is 1. The fraction of sp³-hybridized carbons (Fsp3) is 0.143. The maximum Gasteiger partial charge on any atom is 0.228 e. The molecule has 1 aromatic heterocycles. The lowest BCUT2D eigenvalue weighted by molar-refractivity contribution is -0.115. The number of rotatable bonds is 0. The van der Waals surface area contributed by atoms with Crippen molar-refractivity contribution in [1.29, 1.82) is 0 Å². The number of nitrogens with one attached hydrogen (secondary N) is 1. The molecule has 1 aliphatic heterocycles. The van der Waals surface area contributed by atoms with Crippen molar-refractivity contribution in [3.05, 3.63) is 22.4 Å². The summed E-state index contributed by atoms with van der Waals surface area (Å²) in [6, 6.07) is 1.80. The molecule has 1 amide bonds. The van der Waals surface area contributed by atoms with Crippen molar-refractivity contribution in [2.75, 3.05) is 5.32 Å². The van der Waals surface area contributed by atoms with Gasteiger partial charge in [-0.05, 0) is 22.0 Å². The van der Waals surface area contributed by atoms with Crippen LogP contribution in [0.3, 0.4) is 0 Å². The van der Waals surface area contributed by atoms with Gasteiger partial charge in [0.05, 0.1) is 6.42 Å². The van der Waals surface area contributed by atoms with Crippen molar-refractivity contribution in [3.63, 3.8) is 0 Å². The Morgan fingerprint density at radius 1 is 1.64 bits per heavy atom. The highest BCUT2D eigenvalue weighted by atomic mass is 79.9. The Balaban J connectivity index is 2.57. The Labute approximate surface area is 72.0 Å². The van der Waals surface area contributed by atoms with Crippen molar-refractivity contribution in [2.24, 2.45) is 0 Å². The third-order valence-corrected chi connectivity index (χ3v) is 2.30. The lowest BCUT2D eigenvalue weighted by atomic mass is 10.2. The Morgan fingerprint density at radius 2 is 2.45 bits per heavy atom. The van der Waals surface area contributed by atoms with Gasteiger partial charge in [0.1, 0.15) is 4.60 Å². The van der Waals surface area contributed by atoms with Crippen LogP contribution in [0.4, 0.5) is 5.69 Å². The molecule has 0 fully saturated rings. The molecule has 56 valence electrons. The van der Waals surface area contributed by atoms with Crippen LogP contribution in [0.5, 0.6) is 0 Å². The van der Waals surface area contributed by atoms with Gasteiger partial charge in [0.15, 0.2) is 0 Å². The summed E-state index contributed by atoms with van der Waals surface area (Å²) in [5, 5.41) is 2.73. The predicted octanol–water partition coefficient (Wildman–Crippen LogP) is 1.34.